The number of nitrogens with zero attached hydrogens (tertiary/aromatic N) is 1. The van der Waals surface area contributed by atoms with Gasteiger partial charge in [-0.1, -0.05) is 6.07 Å². The lowest BCUT2D eigenvalue weighted by Gasteiger charge is -2.18. The first kappa shape index (κ1) is 9.78. The van der Waals surface area contributed by atoms with E-state index in [1.54, 1.807) is 6.92 Å². The van der Waals surface area contributed by atoms with Crippen molar-refractivity contribution in [2.45, 2.75) is 20.8 Å². The SMILES string of the molecule is CC(=N)N(C)c1cc(C)cc(C)c1. The quantitative estimate of drug-likeness (QED) is 0.517. The summed E-state index contributed by atoms with van der Waals surface area (Å²) in [6, 6.07) is 6.31. The van der Waals surface area contributed by atoms with Crippen LogP contribution in [0.3, 0.4) is 0 Å². The van der Waals surface area contributed by atoms with Crippen LogP contribution in [-0.4, -0.2) is 12.9 Å². The first-order valence-corrected chi connectivity index (χ1v) is 4.38. The van der Waals surface area contributed by atoms with Crippen LogP contribution in [0.2, 0.25) is 0 Å². The molecule has 0 unspecified atom stereocenters. The molecule has 0 amide bonds. The van der Waals surface area contributed by atoms with Crippen molar-refractivity contribution in [2.75, 3.05) is 11.9 Å². The summed E-state index contributed by atoms with van der Waals surface area (Å²) in [5.41, 5.74) is 3.57. The minimum absolute atomic E-state index is 0.560. The van der Waals surface area contributed by atoms with Gasteiger partial charge in [-0.3, -0.25) is 5.41 Å². The molecule has 0 aliphatic carbocycles. The molecule has 0 radical (unpaired) electrons. The molecule has 0 aliphatic rings. The maximum absolute atomic E-state index is 7.50. The monoisotopic (exact) mass is 176 g/mol. The fraction of sp³-hybridized carbons (Fsp3) is 0.364. The minimum atomic E-state index is 0.560. The van der Waals surface area contributed by atoms with E-state index in [2.05, 4.69) is 32.0 Å². The van der Waals surface area contributed by atoms with Gasteiger partial charge in [-0.25, -0.2) is 0 Å². The van der Waals surface area contributed by atoms with Crippen LogP contribution in [-0.2, 0) is 0 Å². The molecule has 0 heterocycles. The molecule has 0 fully saturated rings. The molecular weight excluding hydrogens is 160 g/mol. The van der Waals surface area contributed by atoms with E-state index in [1.165, 1.54) is 11.1 Å². The predicted octanol–water partition coefficient (Wildman–Crippen LogP) is 2.74. The molecule has 70 valence electrons. The van der Waals surface area contributed by atoms with Gasteiger partial charge in [0.2, 0.25) is 0 Å². The van der Waals surface area contributed by atoms with E-state index in [-0.39, 0.29) is 0 Å². The number of hydrogen-bond donors (Lipinski definition) is 1. The molecule has 1 rings (SSSR count). The average molecular weight is 176 g/mol. The van der Waals surface area contributed by atoms with Crippen molar-refractivity contribution in [3.8, 4) is 0 Å². The second-order valence-corrected chi connectivity index (χ2v) is 3.49. The van der Waals surface area contributed by atoms with Crippen LogP contribution < -0.4 is 4.90 Å². The summed E-state index contributed by atoms with van der Waals surface area (Å²) in [6.45, 7) is 5.94. The second kappa shape index (κ2) is 3.60. The lowest BCUT2D eigenvalue weighted by molar-refractivity contribution is 1.20. The third kappa shape index (κ3) is 2.31. The maximum Gasteiger partial charge on any atom is 0.0967 e. The molecule has 1 aromatic carbocycles. The van der Waals surface area contributed by atoms with E-state index in [0.717, 1.165) is 5.69 Å². The number of hydrogen-bond acceptors (Lipinski definition) is 1. The molecule has 0 aliphatic heterocycles. The normalized spacial score (nSPS) is 9.85. The van der Waals surface area contributed by atoms with Gasteiger partial charge in [-0.15, -0.1) is 0 Å². The van der Waals surface area contributed by atoms with Crippen LogP contribution in [0.1, 0.15) is 18.1 Å². The minimum Gasteiger partial charge on any atom is -0.334 e. The van der Waals surface area contributed by atoms with Crippen LogP contribution in [0, 0.1) is 19.3 Å². The molecule has 1 aromatic rings. The fourth-order valence-electron chi connectivity index (χ4n) is 1.34. The van der Waals surface area contributed by atoms with Crippen LogP contribution in [0.15, 0.2) is 18.2 Å². The predicted molar refractivity (Wildman–Crippen MR) is 57.7 cm³/mol. The molecule has 2 heteroatoms. The maximum atomic E-state index is 7.50. The van der Waals surface area contributed by atoms with Crippen LogP contribution in [0.4, 0.5) is 5.69 Å². The Hall–Kier alpha value is -1.31. The number of rotatable bonds is 1. The van der Waals surface area contributed by atoms with Crippen molar-refractivity contribution in [1.82, 2.24) is 0 Å². The van der Waals surface area contributed by atoms with Crippen molar-refractivity contribution in [3.05, 3.63) is 29.3 Å². The molecule has 0 saturated heterocycles. The van der Waals surface area contributed by atoms with Crippen molar-refractivity contribution >= 4 is 11.5 Å². The van der Waals surface area contributed by atoms with Crippen molar-refractivity contribution < 1.29 is 0 Å². The Morgan fingerprint density at radius 2 is 1.62 bits per heavy atom. The third-order valence-corrected chi connectivity index (χ3v) is 2.10. The van der Waals surface area contributed by atoms with Gasteiger partial charge in [0.15, 0.2) is 0 Å². The van der Waals surface area contributed by atoms with Crippen molar-refractivity contribution in [3.63, 3.8) is 0 Å². The molecule has 2 nitrogen and oxygen atoms in total. The van der Waals surface area contributed by atoms with E-state index < -0.39 is 0 Å². The first-order chi connectivity index (χ1) is 6.00. The smallest absolute Gasteiger partial charge is 0.0967 e. The standard InChI is InChI=1S/C11H16N2/c1-8-5-9(2)7-11(6-8)13(4)10(3)12/h5-7,12H,1-4H3. The number of anilines is 1. The van der Waals surface area contributed by atoms with Gasteiger partial charge in [0, 0.05) is 12.7 Å². The molecule has 0 saturated carbocycles. The number of amidine groups is 1. The fourth-order valence-corrected chi connectivity index (χ4v) is 1.34. The Kier molecular flexibility index (Phi) is 2.71. The summed E-state index contributed by atoms with van der Waals surface area (Å²) in [5, 5.41) is 7.50. The van der Waals surface area contributed by atoms with E-state index in [4.69, 9.17) is 5.41 Å². The summed E-state index contributed by atoms with van der Waals surface area (Å²) >= 11 is 0. The number of aryl methyl sites for hydroxylation is 2. The Balaban J connectivity index is 3.07. The number of nitrogens with one attached hydrogen (secondary N) is 1. The molecule has 0 bridgehead atoms. The second-order valence-electron chi connectivity index (χ2n) is 3.49. The van der Waals surface area contributed by atoms with Gasteiger partial charge < -0.3 is 4.90 Å². The molecule has 0 atom stereocenters. The van der Waals surface area contributed by atoms with Crippen molar-refractivity contribution in [2.24, 2.45) is 0 Å². The molecule has 1 N–H and O–H groups in total. The van der Waals surface area contributed by atoms with E-state index >= 15 is 0 Å². The zero-order valence-electron chi connectivity index (χ0n) is 8.68. The van der Waals surface area contributed by atoms with E-state index in [9.17, 15) is 0 Å². The topological polar surface area (TPSA) is 27.1 Å². The largest absolute Gasteiger partial charge is 0.334 e. The third-order valence-electron chi connectivity index (χ3n) is 2.10. The summed E-state index contributed by atoms with van der Waals surface area (Å²) in [6.07, 6.45) is 0. The summed E-state index contributed by atoms with van der Waals surface area (Å²) in [7, 11) is 1.91. The van der Waals surface area contributed by atoms with Gasteiger partial charge >= 0.3 is 0 Å². The molecule has 0 aromatic heterocycles. The van der Waals surface area contributed by atoms with Gasteiger partial charge in [0.25, 0.3) is 0 Å². The zero-order chi connectivity index (χ0) is 10.0. The van der Waals surface area contributed by atoms with Crippen molar-refractivity contribution in [1.29, 1.82) is 5.41 Å². The highest BCUT2D eigenvalue weighted by atomic mass is 15.1. The van der Waals surface area contributed by atoms with Gasteiger partial charge in [-0.05, 0) is 44.0 Å². The zero-order valence-corrected chi connectivity index (χ0v) is 8.68. The highest BCUT2D eigenvalue weighted by Gasteiger charge is 2.02. The van der Waals surface area contributed by atoms with Gasteiger partial charge in [0.05, 0.1) is 5.84 Å². The first-order valence-electron chi connectivity index (χ1n) is 4.38. The molecular formula is C11H16N2. The van der Waals surface area contributed by atoms with Gasteiger partial charge in [-0.2, -0.15) is 0 Å². The Bertz CT molecular complexity index is 309. The average Bonchev–Trinajstić information content (AvgIpc) is 2.01. The van der Waals surface area contributed by atoms with Crippen LogP contribution in [0.25, 0.3) is 0 Å². The summed E-state index contributed by atoms with van der Waals surface area (Å²) in [4.78, 5) is 1.88. The highest BCUT2D eigenvalue weighted by molar-refractivity contribution is 5.93. The summed E-state index contributed by atoms with van der Waals surface area (Å²) < 4.78 is 0. The molecule has 0 spiro atoms. The van der Waals surface area contributed by atoms with Crippen LogP contribution in [0.5, 0.6) is 0 Å². The Morgan fingerprint density at radius 1 is 1.15 bits per heavy atom. The summed E-state index contributed by atoms with van der Waals surface area (Å²) in [5.74, 6) is 0.560. The van der Waals surface area contributed by atoms with E-state index in [1.807, 2.05) is 11.9 Å². The lowest BCUT2D eigenvalue weighted by atomic mass is 10.1. The van der Waals surface area contributed by atoms with E-state index in [0.29, 0.717) is 5.84 Å². The van der Waals surface area contributed by atoms with Crippen LogP contribution >= 0.6 is 0 Å². The molecule has 13 heavy (non-hydrogen) atoms. The Labute approximate surface area is 79.7 Å². The Morgan fingerprint density at radius 3 is 2.00 bits per heavy atom. The highest BCUT2D eigenvalue weighted by Crippen LogP contribution is 2.17. The lowest BCUT2D eigenvalue weighted by Crippen LogP contribution is -2.22. The number of benzene rings is 1. The van der Waals surface area contributed by atoms with Gasteiger partial charge in [0.1, 0.15) is 0 Å².